The molecule has 1 saturated heterocycles. The number of esters is 1. The number of hydrogen-bond donors (Lipinski definition) is 0. The molecular weight excluding hydrogens is 260 g/mol. The molecule has 0 aliphatic carbocycles. The minimum absolute atomic E-state index is 0.0879. The van der Waals surface area contributed by atoms with Crippen molar-refractivity contribution in [2.45, 2.75) is 19.8 Å². The van der Waals surface area contributed by atoms with Crippen LogP contribution in [0, 0.1) is 5.92 Å². The quantitative estimate of drug-likeness (QED) is 0.745. The highest BCUT2D eigenvalue weighted by Gasteiger charge is 2.27. The van der Waals surface area contributed by atoms with Crippen molar-refractivity contribution in [3.05, 3.63) is 12.1 Å². The van der Waals surface area contributed by atoms with Crippen LogP contribution in [-0.4, -0.2) is 50.9 Å². The molecule has 2 aromatic rings. The molecule has 0 aromatic carbocycles. The maximum atomic E-state index is 11.8. The van der Waals surface area contributed by atoms with E-state index in [-0.39, 0.29) is 11.9 Å². The van der Waals surface area contributed by atoms with Gasteiger partial charge in [0.25, 0.3) is 0 Å². The third-order valence-corrected chi connectivity index (χ3v) is 3.42. The first-order chi connectivity index (χ1) is 9.78. The van der Waals surface area contributed by atoms with E-state index in [9.17, 15) is 4.79 Å². The second kappa shape index (κ2) is 5.40. The number of ether oxygens (including phenoxy) is 1. The highest BCUT2D eigenvalue weighted by atomic mass is 16.5. The Labute approximate surface area is 115 Å². The molecule has 1 fully saturated rings. The van der Waals surface area contributed by atoms with Gasteiger partial charge in [-0.15, -0.1) is 14.8 Å². The fourth-order valence-electron chi connectivity index (χ4n) is 2.45. The molecule has 106 valence electrons. The van der Waals surface area contributed by atoms with Crippen molar-refractivity contribution < 1.29 is 9.53 Å². The second-order valence-corrected chi connectivity index (χ2v) is 4.76. The fraction of sp³-hybridized carbons (Fsp3) is 0.583. The summed E-state index contributed by atoms with van der Waals surface area (Å²) in [4.78, 5) is 13.9. The summed E-state index contributed by atoms with van der Waals surface area (Å²) in [5.74, 6) is 0.564. The maximum Gasteiger partial charge on any atom is 0.310 e. The van der Waals surface area contributed by atoms with Crippen molar-refractivity contribution in [2.75, 3.05) is 24.6 Å². The zero-order valence-corrected chi connectivity index (χ0v) is 11.3. The van der Waals surface area contributed by atoms with Gasteiger partial charge < -0.3 is 9.64 Å². The molecule has 1 aliphatic heterocycles. The van der Waals surface area contributed by atoms with Gasteiger partial charge in [0.1, 0.15) is 0 Å². The molecule has 2 aromatic heterocycles. The molecule has 0 radical (unpaired) electrons. The molecule has 3 rings (SSSR count). The Balaban J connectivity index is 1.77. The Morgan fingerprint density at radius 2 is 2.40 bits per heavy atom. The van der Waals surface area contributed by atoms with E-state index in [1.807, 2.05) is 19.1 Å². The van der Waals surface area contributed by atoms with Crippen LogP contribution in [-0.2, 0) is 9.53 Å². The molecule has 1 atom stereocenters. The van der Waals surface area contributed by atoms with Crippen LogP contribution in [0.3, 0.4) is 0 Å². The summed E-state index contributed by atoms with van der Waals surface area (Å²) in [7, 11) is 0. The van der Waals surface area contributed by atoms with E-state index in [0.29, 0.717) is 18.8 Å². The molecule has 0 saturated carbocycles. The van der Waals surface area contributed by atoms with Gasteiger partial charge in [-0.2, -0.15) is 0 Å². The van der Waals surface area contributed by atoms with Crippen LogP contribution in [0.1, 0.15) is 19.8 Å². The predicted octanol–water partition coefficient (Wildman–Crippen LogP) is 0.299. The summed E-state index contributed by atoms with van der Waals surface area (Å²) in [6.07, 6.45) is 1.81. The first kappa shape index (κ1) is 12.8. The predicted molar refractivity (Wildman–Crippen MR) is 70.1 cm³/mol. The van der Waals surface area contributed by atoms with E-state index >= 15 is 0 Å². The first-order valence-electron chi connectivity index (χ1n) is 6.75. The number of tetrazole rings is 1. The fourth-order valence-corrected chi connectivity index (χ4v) is 2.45. The van der Waals surface area contributed by atoms with E-state index in [1.165, 1.54) is 4.63 Å². The van der Waals surface area contributed by atoms with Gasteiger partial charge >= 0.3 is 5.97 Å². The minimum Gasteiger partial charge on any atom is -0.466 e. The maximum absolute atomic E-state index is 11.8. The van der Waals surface area contributed by atoms with Gasteiger partial charge in [-0.3, -0.25) is 4.79 Å². The molecule has 0 spiro atoms. The number of carbonyl (C=O) groups is 1. The van der Waals surface area contributed by atoms with E-state index in [2.05, 4.69) is 25.5 Å². The third kappa shape index (κ3) is 2.40. The lowest BCUT2D eigenvalue weighted by molar-refractivity contribution is -0.148. The van der Waals surface area contributed by atoms with Crippen LogP contribution >= 0.6 is 0 Å². The molecule has 8 nitrogen and oxygen atoms in total. The van der Waals surface area contributed by atoms with Crippen LogP contribution in [0.25, 0.3) is 5.65 Å². The molecule has 1 unspecified atom stereocenters. The normalized spacial score (nSPS) is 19.2. The lowest BCUT2D eigenvalue weighted by Crippen LogP contribution is -2.40. The summed E-state index contributed by atoms with van der Waals surface area (Å²) >= 11 is 0. The standard InChI is InChI=1S/C12H16N6O2/c1-2-20-12(19)9-4-3-7-17(8-9)11-6-5-10-13-15-16-18(10)14-11/h5-6,9H,2-4,7-8H2,1H3. The SMILES string of the molecule is CCOC(=O)C1CCCN(c2ccc3nnnn3n2)C1. The van der Waals surface area contributed by atoms with Gasteiger partial charge in [-0.05, 0) is 42.3 Å². The van der Waals surface area contributed by atoms with Crippen molar-refractivity contribution in [3.63, 3.8) is 0 Å². The van der Waals surface area contributed by atoms with Crippen molar-refractivity contribution in [3.8, 4) is 0 Å². The highest BCUT2D eigenvalue weighted by molar-refractivity contribution is 5.73. The largest absolute Gasteiger partial charge is 0.466 e. The number of piperidine rings is 1. The molecule has 0 amide bonds. The molecule has 1 aliphatic rings. The van der Waals surface area contributed by atoms with Crippen molar-refractivity contribution in [1.82, 2.24) is 25.3 Å². The number of fused-ring (bicyclic) bond motifs is 1. The molecule has 0 N–H and O–H groups in total. The van der Waals surface area contributed by atoms with Crippen LogP contribution in [0.2, 0.25) is 0 Å². The van der Waals surface area contributed by atoms with Gasteiger partial charge in [-0.25, -0.2) is 0 Å². The number of hydrogen-bond acceptors (Lipinski definition) is 7. The molecule has 3 heterocycles. The molecule has 8 heteroatoms. The van der Waals surface area contributed by atoms with Crippen molar-refractivity contribution in [2.24, 2.45) is 5.92 Å². The monoisotopic (exact) mass is 276 g/mol. The van der Waals surface area contributed by atoms with Gasteiger partial charge in [0.15, 0.2) is 11.5 Å². The first-order valence-corrected chi connectivity index (χ1v) is 6.75. The lowest BCUT2D eigenvalue weighted by Gasteiger charge is -2.32. The van der Waals surface area contributed by atoms with Crippen LogP contribution in [0.5, 0.6) is 0 Å². The number of carbonyl (C=O) groups excluding carboxylic acids is 1. The molecular formula is C12H16N6O2. The Morgan fingerprint density at radius 3 is 3.25 bits per heavy atom. The zero-order valence-electron chi connectivity index (χ0n) is 11.3. The number of nitrogens with zero attached hydrogens (tertiary/aromatic N) is 6. The average Bonchev–Trinajstić information content (AvgIpc) is 2.95. The molecule has 0 bridgehead atoms. The number of rotatable bonds is 3. The van der Waals surface area contributed by atoms with Crippen LogP contribution < -0.4 is 4.90 Å². The Morgan fingerprint density at radius 1 is 1.50 bits per heavy atom. The lowest BCUT2D eigenvalue weighted by atomic mass is 9.98. The number of anilines is 1. The zero-order chi connectivity index (χ0) is 13.9. The Hall–Kier alpha value is -2.25. The van der Waals surface area contributed by atoms with Gasteiger partial charge in [-0.1, -0.05) is 0 Å². The number of aromatic nitrogens is 5. The van der Waals surface area contributed by atoms with Gasteiger partial charge in [0.05, 0.1) is 12.5 Å². The van der Waals surface area contributed by atoms with Crippen LogP contribution in [0.15, 0.2) is 12.1 Å². The summed E-state index contributed by atoms with van der Waals surface area (Å²) in [5.41, 5.74) is 0.604. The van der Waals surface area contributed by atoms with E-state index in [1.54, 1.807) is 0 Å². The smallest absolute Gasteiger partial charge is 0.310 e. The summed E-state index contributed by atoms with van der Waals surface area (Å²) in [6, 6.07) is 3.69. The van der Waals surface area contributed by atoms with Crippen LogP contribution in [0.4, 0.5) is 5.82 Å². The summed E-state index contributed by atoms with van der Waals surface area (Å²) in [6.45, 7) is 3.74. The average molecular weight is 276 g/mol. The Bertz CT molecular complexity index is 613. The molecule has 20 heavy (non-hydrogen) atoms. The minimum atomic E-state index is -0.124. The third-order valence-electron chi connectivity index (χ3n) is 3.42. The Kier molecular flexibility index (Phi) is 3.44. The van der Waals surface area contributed by atoms with E-state index < -0.39 is 0 Å². The second-order valence-electron chi connectivity index (χ2n) is 4.76. The van der Waals surface area contributed by atoms with E-state index in [0.717, 1.165) is 25.2 Å². The van der Waals surface area contributed by atoms with Crippen molar-refractivity contribution >= 4 is 17.4 Å². The topological polar surface area (TPSA) is 85.5 Å². The summed E-state index contributed by atoms with van der Waals surface area (Å²) < 4.78 is 6.49. The van der Waals surface area contributed by atoms with Gasteiger partial charge in [0.2, 0.25) is 0 Å². The summed E-state index contributed by atoms with van der Waals surface area (Å²) in [5, 5.41) is 15.5. The van der Waals surface area contributed by atoms with Crippen molar-refractivity contribution in [1.29, 1.82) is 0 Å². The van der Waals surface area contributed by atoms with E-state index in [4.69, 9.17) is 4.74 Å². The van der Waals surface area contributed by atoms with Gasteiger partial charge in [0, 0.05) is 13.1 Å². The highest BCUT2D eigenvalue weighted by Crippen LogP contribution is 2.22.